The predicted molar refractivity (Wildman–Crippen MR) is 81.2 cm³/mol. The third kappa shape index (κ3) is 7.56. The highest BCUT2D eigenvalue weighted by atomic mass is 16.6. The highest BCUT2D eigenvalue weighted by Crippen LogP contribution is 2.16. The van der Waals surface area contributed by atoms with Gasteiger partial charge < -0.3 is 24.8 Å². The Morgan fingerprint density at radius 1 is 0.905 bits per heavy atom. The van der Waals surface area contributed by atoms with Crippen molar-refractivity contribution in [3.8, 4) is 0 Å². The lowest BCUT2D eigenvalue weighted by molar-refractivity contribution is -0.199. The molecule has 0 aromatic rings. The Kier molecular flexibility index (Phi) is 10.2. The second kappa shape index (κ2) is 11.4. The predicted octanol–water partition coefficient (Wildman–Crippen LogP) is 1.63. The standard InChI is InChI=1S/C16H32O5/c1-2-3-4-5-6-7-8-9-10-20-12-14-16(19)15(18)13(17)11-21-14/h13-19H,2-12H2,1H3/t13-,14+,15+,16+/m1/s1. The minimum atomic E-state index is -1.14. The fourth-order valence-corrected chi connectivity index (χ4v) is 2.55. The smallest absolute Gasteiger partial charge is 0.111 e. The maximum atomic E-state index is 9.74. The maximum Gasteiger partial charge on any atom is 0.111 e. The van der Waals surface area contributed by atoms with Gasteiger partial charge in [0.1, 0.15) is 24.4 Å². The molecule has 1 heterocycles. The van der Waals surface area contributed by atoms with E-state index in [1.807, 2.05) is 0 Å². The summed E-state index contributed by atoms with van der Waals surface area (Å²) in [6, 6.07) is 0. The number of rotatable bonds is 11. The van der Waals surface area contributed by atoms with Gasteiger partial charge in [-0.2, -0.15) is 0 Å². The molecule has 0 aromatic heterocycles. The summed E-state index contributed by atoms with van der Waals surface area (Å²) in [6.45, 7) is 3.19. The van der Waals surface area contributed by atoms with E-state index in [2.05, 4.69) is 6.92 Å². The van der Waals surface area contributed by atoms with Crippen molar-refractivity contribution in [2.45, 2.75) is 82.7 Å². The van der Waals surface area contributed by atoms with E-state index in [4.69, 9.17) is 9.47 Å². The molecule has 0 aliphatic carbocycles. The largest absolute Gasteiger partial charge is 0.388 e. The Balaban J connectivity index is 1.92. The van der Waals surface area contributed by atoms with Crippen molar-refractivity contribution in [2.24, 2.45) is 0 Å². The molecule has 126 valence electrons. The van der Waals surface area contributed by atoms with Crippen LogP contribution in [0, 0.1) is 0 Å². The summed E-state index contributed by atoms with van der Waals surface area (Å²) < 4.78 is 10.8. The van der Waals surface area contributed by atoms with Gasteiger partial charge in [-0.25, -0.2) is 0 Å². The molecule has 1 saturated heterocycles. The van der Waals surface area contributed by atoms with E-state index in [-0.39, 0.29) is 13.2 Å². The molecule has 0 amide bonds. The minimum absolute atomic E-state index is 0.0456. The molecule has 5 heteroatoms. The fraction of sp³-hybridized carbons (Fsp3) is 1.00. The van der Waals surface area contributed by atoms with Crippen molar-refractivity contribution in [1.82, 2.24) is 0 Å². The van der Waals surface area contributed by atoms with Crippen LogP contribution >= 0.6 is 0 Å². The maximum absolute atomic E-state index is 9.74. The first-order valence-corrected chi connectivity index (χ1v) is 8.40. The Morgan fingerprint density at radius 2 is 1.52 bits per heavy atom. The van der Waals surface area contributed by atoms with E-state index in [9.17, 15) is 15.3 Å². The molecule has 21 heavy (non-hydrogen) atoms. The summed E-state index contributed by atoms with van der Waals surface area (Å²) in [5.41, 5.74) is 0. The molecule has 0 bridgehead atoms. The van der Waals surface area contributed by atoms with Gasteiger partial charge in [0.25, 0.3) is 0 Å². The van der Waals surface area contributed by atoms with Crippen LogP contribution in [0.3, 0.4) is 0 Å². The Morgan fingerprint density at radius 3 is 2.19 bits per heavy atom. The van der Waals surface area contributed by atoms with E-state index in [1.54, 1.807) is 0 Å². The average molecular weight is 304 g/mol. The van der Waals surface area contributed by atoms with Crippen molar-refractivity contribution >= 4 is 0 Å². The molecule has 5 nitrogen and oxygen atoms in total. The van der Waals surface area contributed by atoms with Crippen LogP contribution in [0.1, 0.15) is 58.3 Å². The first-order valence-electron chi connectivity index (χ1n) is 8.40. The summed E-state index contributed by atoms with van der Waals surface area (Å²) in [5.74, 6) is 0. The quantitative estimate of drug-likeness (QED) is 0.506. The molecule has 1 aliphatic rings. The van der Waals surface area contributed by atoms with E-state index in [0.29, 0.717) is 6.61 Å². The second-order valence-electron chi connectivity index (χ2n) is 5.97. The molecule has 1 fully saturated rings. The zero-order valence-corrected chi connectivity index (χ0v) is 13.2. The lowest BCUT2D eigenvalue weighted by atomic mass is 10.0. The summed E-state index contributed by atoms with van der Waals surface area (Å²) in [5, 5.41) is 28.6. The summed E-state index contributed by atoms with van der Waals surface area (Å²) in [6.07, 6.45) is 6.26. The Hall–Kier alpha value is -0.200. The number of hydrogen-bond donors (Lipinski definition) is 3. The van der Waals surface area contributed by atoms with Crippen molar-refractivity contribution in [2.75, 3.05) is 19.8 Å². The van der Waals surface area contributed by atoms with E-state index in [1.165, 1.54) is 44.9 Å². The van der Waals surface area contributed by atoms with Crippen LogP contribution in [-0.2, 0) is 9.47 Å². The van der Waals surface area contributed by atoms with Gasteiger partial charge in [-0.05, 0) is 6.42 Å². The van der Waals surface area contributed by atoms with Gasteiger partial charge in [0.05, 0.1) is 13.2 Å². The number of unbranched alkanes of at least 4 members (excludes halogenated alkanes) is 7. The van der Waals surface area contributed by atoms with Crippen LogP contribution < -0.4 is 0 Å². The first kappa shape index (κ1) is 18.8. The highest BCUT2D eigenvalue weighted by Gasteiger charge is 2.37. The Bertz CT molecular complexity index is 249. The molecule has 3 N–H and O–H groups in total. The van der Waals surface area contributed by atoms with E-state index < -0.39 is 24.4 Å². The minimum Gasteiger partial charge on any atom is -0.388 e. The SMILES string of the molecule is CCCCCCCCCCOC[C@@H]1OC[C@@H](O)[C@H](O)[C@H]1O. The lowest BCUT2D eigenvalue weighted by Gasteiger charge is -2.35. The summed E-state index contributed by atoms with van der Waals surface area (Å²) >= 11 is 0. The lowest BCUT2D eigenvalue weighted by Crippen LogP contribution is -2.54. The van der Waals surface area contributed by atoms with Crippen molar-refractivity contribution in [3.63, 3.8) is 0 Å². The van der Waals surface area contributed by atoms with Gasteiger partial charge in [-0.3, -0.25) is 0 Å². The molecule has 1 aliphatic heterocycles. The van der Waals surface area contributed by atoms with Gasteiger partial charge in [0.15, 0.2) is 0 Å². The third-order valence-electron chi connectivity index (χ3n) is 4.03. The van der Waals surface area contributed by atoms with Gasteiger partial charge in [-0.15, -0.1) is 0 Å². The van der Waals surface area contributed by atoms with Crippen LogP contribution in [0.5, 0.6) is 0 Å². The monoisotopic (exact) mass is 304 g/mol. The van der Waals surface area contributed by atoms with Crippen LogP contribution in [0.4, 0.5) is 0 Å². The number of ether oxygens (including phenoxy) is 2. The molecule has 0 spiro atoms. The van der Waals surface area contributed by atoms with Crippen LogP contribution in [0.2, 0.25) is 0 Å². The van der Waals surface area contributed by atoms with Gasteiger partial charge in [-0.1, -0.05) is 51.9 Å². The van der Waals surface area contributed by atoms with Crippen molar-refractivity contribution in [1.29, 1.82) is 0 Å². The van der Waals surface area contributed by atoms with Gasteiger partial charge in [0.2, 0.25) is 0 Å². The number of aliphatic hydroxyl groups excluding tert-OH is 3. The Labute approximate surface area is 128 Å². The van der Waals surface area contributed by atoms with Gasteiger partial charge >= 0.3 is 0 Å². The topological polar surface area (TPSA) is 79.2 Å². The molecule has 0 saturated carbocycles. The summed E-state index contributed by atoms with van der Waals surface area (Å²) in [7, 11) is 0. The first-order chi connectivity index (χ1) is 10.2. The van der Waals surface area contributed by atoms with E-state index >= 15 is 0 Å². The van der Waals surface area contributed by atoms with Crippen molar-refractivity contribution in [3.05, 3.63) is 0 Å². The van der Waals surface area contributed by atoms with Crippen molar-refractivity contribution < 1.29 is 24.8 Å². The molecular weight excluding hydrogens is 272 g/mol. The fourth-order valence-electron chi connectivity index (χ4n) is 2.55. The molecule has 4 atom stereocenters. The van der Waals surface area contributed by atoms with Crippen LogP contribution in [0.15, 0.2) is 0 Å². The van der Waals surface area contributed by atoms with E-state index in [0.717, 1.165) is 6.42 Å². The summed E-state index contributed by atoms with van der Waals surface area (Å²) in [4.78, 5) is 0. The zero-order valence-electron chi connectivity index (χ0n) is 13.2. The third-order valence-corrected chi connectivity index (χ3v) is 4.03. The van der Waals surface area contributed by atoms with Gasteiger partial charge in [0, 0.05) is 6.61 Å². The molecule has 0 unspecified atom stereocenters. The molecular formula is C16H32O5. The normalized spacial score (nSPS) is 29.7. The number of aliphatic hydroxyl groups is 3. The molecule has 0 radical (unpaired) electrons. The molecule has 0 aromatic carbocycles. The molecule has 1 rings (SSSR count). The highest BCUT2D eigenvalue weighted by molar-refractivity contribution is 4.86. The average Bonchev–Trinajstić information content (AvgIpc) is 2.49. The zero-order chi connectivity index (χ0) is 15.5. The second-order valence-corrected chi connectivity index (χ2v) is 5.97. The number of hydrogen-bond acceptors (Lipinski definition) is 5. The van der Waals surface area contributed by atoms with Crippen LogP contribution in [-0.4, -0.2) is 59.6 Å². The van der Waals surface area contributed by atoms with Crippen LogP contribution in [0.25, 0.3) is 0 Å².